The standard InChI is InChI=1S/C106H66N2/c1-2-22-66(23-3-1)103-84-31-4-6-33-86(84)104(87-34-7-5-32-85(87)103)67-44-53-74(54-45-67)107-99-41-21-14-30-83(99)88-60-68(48-57-100(88)107)65-42-51-73(52-43-65)108-101-58-49-69(71-46-55-81-79-28-12-19-39-95(79)105(97(81)63-71)91-35-15-8-24-75(91)76-25-9-16-36-92(76)105)61-89(101)90-62-70(50-59-102(90)108)72-47-56-82-80-29-13-20-40-96(80)106(98(82)64-72)93-37-17-10-26-77(93)78-27-11-18-38-94(78)106/h1-64,81,97H. The first-order valence-corrected chi connectivity index (χ1v) is 38.0. The van der Waals surface area contributed by atoms with Gasteiger partial charge in [-0.3, -0.25) is 0 Å². The Bertz CT molecular complexity index is 7010. The summed E-state index contributed by atoms with van der Waals surface area (Å²) in [5.74, 6) is 0.404. The first-order chi connectivity index (χ1) is 53.6. The molecular weight excluding hydrogens is 1300 g/mol. The SMILES string of the molecule is C1=CC2c3ccccc3C3(c4ccccc4-c4ccccc43)C2C=C1c1ccc2c(c1)c1cc(-c3ccc4c(c3)C3(c5ccccc5-c5ccccc53)c3ccccc3-4)ccc1n2-c1ccc(-c2ccc3c(c2)c2ccccc2n3-c2ccc(-c3c4ccccc4c(-c4ccccc4)c4ccccc34)cc2)cc1. The first kappa shape index (κ1) is 59.7. The van der Waals surface area contributed by atoms with E-state index in [0.29, 0.717) is 0 Å². The van der Waals surface area contributed by atoms with Crippen LogP contribution in [0, 0.1) is 5.92 Å². The van der Waals surface area contributed by atoms with Crippen LogP contribution in [0.15, 0.2) is 388 Å². The largest absolute Gasteiger partial charge is 0.309 e. The van der Waals surface area contributed by atoms with E-state index in [1.54, 1.807) is 0 Å². The second-order valence-electron chi connectivity index (χ2n) is 30.4. The zero-order valence-corrected chi connectivity index (χ0v) is 59.0. The molecule has 2 heteroatoms. The van der Waals surface area contributed by atoms with Crippen LogP contribution in [0.4, 0.5) is 0 Å². The van der Waals surface area contributed by atoms with Crippen LogP contribution >= 0.6 is 0 Å². The summed E-state index contributed by atoms with van der Waals surface area (Å²) in [6.45, 7) is 0. The second kappa shape index (κ2) is 22.4. The molecule has 5 aliphatic carbocycles. The minimum absolute atomic E-state index is 0.172. The molecule has 0 aliphatic heterocycles. The Morgan fingerprint density at radius 2 is 0.593 bits per heavy atom. The quantitative estimate of drug-likeness (QED) is 0.141. The molecule has 2 spiro atoms. The molecule has 0 N–H and O–H groups in total. The van der Waals surface area contributed by atoms with Gasteiger partial charge in [0, 0.05) is 44.8 Å². The van der Waals surface area contributed by atoms with Gasteiger partial charge in [0.25, 0.3) is 0 Å². The number of allylic oxidation sites excluding steroid dienone is 4. The minimum atomic E-state index is -0.443. The van der Waals surface area contributed by atoms with E-state index in [4.69, 9.17) is 0 Å². The van der Waals surface area contributed by atoms with Crippen LogP contribution < -0.4 is 0 Å². The summed E-state index contributed by atoms with van der Waals surface area (Å²) in [6, 6.07) is 140. The number of aromatic nitrogens is 2. The monoisotopic (exact) mass is 1370 g/mol. The molecule has 0 amide bonds. The zero-order chi connectivity index (χ0) is 70.5. The van der Waals surface area contributed by atoms with Gasteiger partial charge < -0.3 is 9.13 Å². The van der Waals surface area contributed by atoms with Crippen molar-refractivity contribution in [2.75, 3.05) is 0 Å². The summed E-state index contributed by atoms with van der Waals surface area (Å²) in [4.78, 5) is 0. The van der Waals surface area contributed by atoms with Gasteiger partial charge in [0.05, 0.1) is 32.9 Å². The van der Waals surface area contributed by atoms with Crippen LogP contribution in [0.2, 0.25) is 0 Å². The van der Waals surface area contributed by atoms with Crippen LogP contribution in [0.1, 0.15) is 56.0 Å². The highest BCUT2D eigenvalue weighted by atomic mass is 15.0. The third-order valence-electron chi connectivity index (χ3n) is 25.4. The molecule has 0 fully saturated rings. The van der Waals surface area contributed by atoms with Crippen molar-refractivity contribution >= 4 is 70.7 Å². The number of benzene rings is 17. The van der Waals surface area contributed by atoms with Gasteiger partial charge in [-0.15, -0.1) is 0 Å². The maximum Gasteiger partial charge on any atom is 0.0725 e. The molecule has 0 saturated carbocycles. The van der Waals surface area contributed by atoms with Crippen molar-refractivity contribution in [3.63, 3.8) is 0 Å². The highest BCUT2D eigenvalue weighted by molar-refractivity contribution is 6.22. The number of hydrogen-bond acceptors (Lipinski definition) is 0. The lowest BCUT2D eigenvalue weighted by Gasteiger charge is -2.37. The molecule has 19 aromatic rings. The van der Waals surface area contributed by atoms with Gasteiger partial charge in [-0.2, -0.15) is 0 Å². The van der Waals surface area contributed by atoms with Crippen molar-refractivity contribution in [2.24, 2.45) is 5.92 Å². The van der Waals surface area contributed by atoms with Crippen LogP contribution in [0.3, 0.4) is 0 Å². The van der Waals surface area contributed by atoms with E-state index in [1.807, 2.05) is 0 Å². The molecule has 0 radical (unpaired) electrons. The van der Waals surface area contributed by atoms with Gasteiger partial charge in [-0.1, -0.05) is 315 Å². The summed E-state index contributed by atoms with van der Waals surface area (Å²) >= 11 is 0. The topological polar surface area (TPSA) is 9.86 Å². The van der Waals surface area contributed by atoms with Crippen LogP contribution in [-0.2, 0) is 10.8 Å². The van der Waals surface area contributed by atoms with E-state index in [9.17, 15) is 0 Å². The minimum Gasteiger partial charge on any atom is -0.309 e. The van der Waals surface area contributed by atoms with Crippen molar-refractivity contribution in [3.05, 3.63) is 438 Å². The first-order valence-electron chi connectivity index (χ1n) is 38.0. The van der Waals surface area contributed by atoms with Crippen LogP contribution in [-0.4, -0.2) is 9.13 Å². The summed E-state index contributed by atoms with van der Waals surface area (Å²) in [7, 11) is 0. The summed E-state index contributed by atoms with van der Waals surface area (Å²) in [5.41, 5.74) is 37.4. The number of fused-ring (bicyclic) bond motifs is 28. The normalized spacial score (nSPS) is 15.6. The number of rotatable bonds is 7. The molecule has 17 aromatic carbocycles. The third-order valence-corrected chi connectivity index (χ3v) is 25.4. The molecule has 2 heterocycles. The molecule has 108 heavy (non-hydrogen) atoms. The summed E-state index contributed by atoms with van der Waals surface area (Å²) in [6.07, 6.45) is 7.59. The van der Waals surface area contributed by atoms with Gasteiger partial charge in [0.1, 0.15) is 0 Å². The van der Waals surface area contributed by atoms with E-state index < -0.39 is 5.41 Å². The number of hydrogen-bond donors (Lipinski definition) is 0. The molecule has 2 nitrogen and oxygen atoms in total. The Labute approximate surface area is 626 Å². The maximum atomic E-state index is 2.65. The average Bonchev–Trinajstić information content (AvgIpc) is 1.51. The van der Waals surface area contributed by atoms with E-state index in [0.717, 1.165) is 11.4 Å². The molecule has 5 aliphatic rings. The average molecular weight is 1370 g/mol. The van der Waals surface area contributed by atoms with E-state index in [1.165, 1.54) is 199 Å². The number of para-hydroxylation sites is 1. The lowest BCUT2D eigenvalue weighted by molar-refractivity contribution is 0.467. The fourth-order valence-electron chi connectivity index (χ4n) is 21.1. The van der Waals surface area contributed by atoms with Crippen LogP contribution in [0.25, 0.3) is 160 Å². The fourth-order valence-corrected chi connectivity index (χ4v) is 21.1. The van der Waals surface area contributed by atoms with Gasteiger partial charge in [0.2, 0.25) is 0 Å². The molecule has 2 unspecified atom stereocenters. The molecular formula is C106H66N2. The zero-order valence-electron chi connectivity index (χ0n) is 59.0. The van der Waals surface area contributed by atoms with Crippen molar-refractivity contribution in [1.29, 1.82) is 0 Å². The summed E-state index contributed by atoms with van der Waals surface area (Å²) in [5, 5.41) is 9.93. The Kier molecular flexibility index (Phi) is 12.4. The predicted octanol–water partition coefficient (Wildman–Crippen LogP) is 26.9. The van der Waals surface area contributed by atoms with E-state index in [2.05, 4.69) is 397 Å². The van der Waals surface area contributed by atoms with Crippen LogP contribution in [0.5, 0.6) is 0 Å². The highest BCUT2D eigenvalue weighted by Crippen LogP contribution is 2.67. The highest BCUT2D eigenvalue weighted by Gasteiger charge is 2.57. The lowest BCUT2D eigenvalue weighted by atomic mass is 9.65. The van der Waals surface area contributed by atoms with Gasteiger partial charge >= 0.3 is 0 Å². The summed E-state index contributed by atoms with van der Waals surface area (Å²) < 4.78 is 4.95. The fraction of sp³-hybridized carbons (Fsp3) is 0.0377. The second-order valence-corrected chi connectivity index (χ2v) is 30.4. The molecule has 2 aromatic heterocycles. The van der Waals surface area contributed by atoms with E-state index in [-0.39, 0.29) is 17.3 Å². The smallest absolute Gasteiger partial charge is 0.0725 e. The Hall–Kier alpha value is -13.7. The predicted molar refractivity (Wildman–Crippen MR) is 450 cm³/mol. The maximum absolute atomic E-state index is 2.65. The van der Waals surface area contributed by atoms with Crippen molar-refractivity contribution in [2.45, 2.75) is 16.7 Å². The lowest BCUT2D eigenvalue weighted by Crippen LogP contribution is -2.33. The van der Waals surface area contributed by atoms with Crippen molar-refractivity contribution < 1.29 is 0 Å². The molecule has 24 rings (SSSR count). The molecule has 0 saturated heterocycles. The Balaban J connectivity index is 0.634. The Morgan fingerprint density at radius 1 is 0.231 bits per heavy atom. The van der Waals surface area contributed by atoms with Gasteiger partial charge in [-0.05, 0) is 228 Å². The number of nitrogens with zero attached hydrogens (tertiary/aromatic N) is 2. The van der Waals surface area contributed by atoms with Gasteiger partial charge in [0.15, 0.2) is 0 Å². The Morgan fingerprint density at radius 3 is 1.14 bits per heavy atom. The van der Waals surface area contributed by atoms with Crippen molar-refractivity contribution in [3.8, 4) is 89.3 Å². The van der Waals surface area contributed by atoms with Crippen molar-refractivity contribution in [1.82, 2.24) is 9.13 Å². The molecule has 500 valence electrons. The van der Waals surface area contributed by atoms with Gasteiger partial charge in [-0.25, -0.2) is 0 Å². The van der Waals surface area contributed by atoms with E-state index >= 15 is 0 Å². The molecule has 0 bridgehead atoms. The third kappa shape index (κ3) is 8.00. The molecule has 2 atom stereocenters.